The van der Waals surface area contributed by atoms with Crippen LogP contribution in [0.1, 0.15) is 73.6 Å². The van der Waals surface area contributed by atoms with Crippen LogP contribution in [0.5, 0.6) is 34.5 Å². The van der Waals surface area contributed by atoms with Gasteiger partial charge in [0.25, 0.3) is 0 Å². The number of allylic oxidation sites excluding steroid dienone is 2. The molecule has 290 valence electrons. The van der Waals surface area contributed by atoms with Gasteiger partial charge in [0, 0.05) is 6.54 Å². The molecular formula is C42H52N2O10. The first-order valence-corrected chi connectivity index (χ1v) is 18.4. The van der Waals surface area contributed by atoms with E-state index in [4.69, 9.17) is 28.4 Å². The average Bonchev–Trinajstić information content (AvgIpc) is 3.21. The van der Waals surface area contributed by atoms with Crippen LogP contribution >= 0.6 is 0 Å². The van der Waals surface area contributed by atoms with Crippen molar-refractivity contribution >= 4 is 17.8 Å². The van der Waals surface area contributed by atoms with Crippen LogP contribution in [-0.4, -0.2) is 82.5 Å². The second kappa shape index (κ2) is 19.1. The summed E-state index contributed by atoms with van der Waals surface area (Å²) in [6.45, 7) is -0.0440. The van der Waals surface area contributed by atoms with Crippen LogP contribution < -0.4 is 33.7 Å². The highest BCUT2D eigenvalue weighted by Crippen LogP contribution is 2.44. The summed E-state index contributed by atoms with van der Waals surface area (Å²) in [6, 6.07) is 15.3. The Hall–Kier alpha value is -5.39. The van der Waals surface area contributed by atoms with Gasteiger partial charge in [-0.05, 0) is 110 Å². The zero-order valence-corrected chi connectivity index (χ0v) is 31.8. The molecule has 3 aromatic carbocycles. The zero-order valence-electron chi connectivity index (χ0n) is 31.8. The molecule has 1 unspecified atom stereocenters. The van der Waals surface area contributed by atoms with E-state index in [0.29, 0.717) is 60.3 Å². The zero-order chi connectivity index (χ0) is 38.6. The van der Waals surface area contributed by atoms with E-state index in [9.17, 15) is 19.5 Å². The van der Waals surface area contributed by atoms with E-state index >= 15 is 0 Å². The minimum atomic E-state index is -1.09. The smallest absolute Gasteiger partial charge is 0.341 e. The van der Waals surface area contributed by atoms with E-state index in [1.165, 1.54) is 0 Å². The van der Waals surface area contributed by atoms with Gasteiger partial charge in [0.2, 0.25) is 17.6 Å². The van der Waals surface area contributed by atoms with Crippen molar-refractivity contribution in [1.82, 2.24) is 10.2 Å². The fourth-order valence-corrected chi connectivity index (χ4v) is 7.52. The molecule has 0 spiro atoms. The SMILES string of the molecule is COc1ccc(CCC(NC(=O)[C@@H]2CCCCN2C(=O)[C@H](c2cc(OC)c(OC)c(OC)c2)[C@@H]2C=CCCC2)c2cccc(OCC(=O)O)c2)cc1OC. The van der Waals surface area contributed by atoms with Crippen molar-refractivity contribution in [3.05, 3.63) is 83.4 Å². The van der Waals surface area contributed by atoms with E-state index in [1.807, 2.05) is 36.4 Å². The summed E-state index contributed by atoms with van der Waals surface area (Å²) in [5.74, 6) is 0.851. The number of carboxylic acids is 1. The summed E-state index contributed by atoms with van der Waals surface area (Å²) in [5.41, 5.74) is 2.47. The summed E-state index contributed by atoms with van der Waals surface area (Å²) in [7, 11) is 7.82. The first-order valence-electron chi connectivity index (χ1n) is 18.4. The molecule has 54 heavy (non-hydrogen) atoms. The standard InChI is InChI=1S/C42H52N2O10/c1-49-34-20-18-27(22-35(34)50-2)17-19-32(29-14-11-15-31(23-29)54-26-38(45)46)43-41(47)33-16-9-10-21-44(33)42(48)39(28-12-7-6-8-13-28)30-24-36(51-3)40(53-5)37(25-30)52-4/h7,11-12,14-15,18,20,22-25,28,32-33,39H,6,8-10,13,16-17,19,21,26H2,1-5H3,(H,43,47)(H,45,46)/t28-,32?,33+,39+/m1/s1. The van der Waals surface area contributed by atoms with Crippen LogP contribution in [0.2, 0.25) is 0 Å². The number of nitrogens with zero attached hydrogens (tertiary/aromatic N) is 1. The van der Waals surface area contributed by atoms with Crippen LogP contribution in [0.4, 0.5) is 0 Å². The Morgan fingerprint density at radius 3 is 2.20 bits per heavy atom. The first-order chi connectivity index (χ1) is 26.2. The number of likely N-dealkylation sites (tertiary alicyclic amines) is 1. The third-order valence-corrected chi connectivity index (χ3v) is 10.2. The maximum Gasteiger partial charge on any atom is 0.341 e. The monoisotopic (exact) mass is 744 g/mol. The second-order valence-corrected chi connectivity index (χ2v) is 13.5. The number of hydrogen-bond donors (Lipinski definition) is 2. The molecule has 12 heteroatoms. The van der Waals surface area contributed by atoms with Gasteiger partial charge in [0.05, 0.1) is 47.5 Å². The lowest BCUT2D eigenvalue weighted by Crippen LogP contribution is -2.54. The Labute approximate surface area is 317 Å². The molecule has 5 rings (SSSR count). The quantitative estimate of drug-likeness (QED) is 0.147. The van der Waals surface area contributed by atoms with E-state index in [0.717, 1.165) is 48.8 Å². The molecule has 2 amide bonds. The summed E-state index contributed by atoms with van der Waals surface area (Å²) < 4.78 is 33.4. The van der Waals surface area contributed by atoms with Gasteiger partial charge in [-0.2, -0.15) is 0 Å². The number of methoxy groups -OCH3 is 5. The molecule has 12 nitrogen and oxygen atoms in total. The minimum Gasteiger partial charge on any atom is -0.493 e. The summed E-state index contributed by atoms with van der Waals surface area (Å²) in [6.07, 6.45) is 10.2. The highest BCUT2D eigenvalue weighted by atomic mass is 16.5. The molecule has 0 radical (unpaired) electrons. The number of ether oxygens (including phenoxy) is 6. The van der Waals surface area contributed by atoms with Gasteiger partial charge in [-0.25, -0.2) is 4.79 Å². The lowest BCUT2D eigenvalue weighted by molar-refractivity contribution is -0.144. The van der Waals surface area contributed by atoms with Gasteiger partial charge in [-0.1, -0.05) is 30.4 Å². The van der Waals surface area contributed by atoms with E-state index in [-0.39, 0.29) is 17.7 Å². The topological polar surface area (TPSA) is 142 Å². The number of aryl methyl sites for hydroxylation is 1. The molecular weight excluding hydrogens is 692 g/mol. The number of hydrogen-bond acceptors (Lipinski definition) is 9. The Kier molecular flexibility index (Phi) is 14.1. The number of aliphatic carboxylic acids is 1. The predicted octanol–water partition coefficient (Wildman–Crippen LogP) is 6.50. The van der Waals surface area contributed by atoms with Crippen molar-refractivity contribution in [2.24, 2.45) is 5.92 Å². The molecule has 2 aliphatic rings. The Morgan fingerprint density at radius 2 is 1.56 bits per heavy atom. The number of amides is 2. The van der Waals surface area contributed by atoms with Gasteiger partial charge in [0.15, 0.2) is 29.6 Å². The largest absolute Gasteiger partial charge is 0.493 e. The molecule has 1 aliphatic heterocycles. The van der Waals surface area contributed by atoms with E-state index in [1.54, 1.807) is 58.6 Å². The van der Waals surface area contributed by atoms with Crippen molar-refractivity contribution in [2.45, 2.75) is 69.4 Å². The first kappa shape index (κ1) is 39.8. The van der Waals surface area contributed by atoms with Gasteiger partial charge in [0.1, 0.15) is 11.8 Å². The molecule has 1 heterocycles. The summed E-state index contributed by atoms with van der Waals surface area (Å²) >= 11 is 0. The van der Waals surface area contributed by atoms with Crippen LogP contribution in [0.25, 0.3) is 0 Å². The molecule has 1 fully saturated rings. The molecule has 1 saturated heterocycles. The molecule has 0 bridgehead atoms. The normalized spacial score (nSPS) is 17.8. The number of carbonyl (C=O) groups is 3. The molecule has 1 aliphatic carbocycles. The average molecular weight is 745 g/mol. The second-order valence-electron chi connectivity index (χ2n) is 13.5. The van der Waals surface area contributed by atoms with Gasteiger partial charge < -0.3 is 43.7 Å². The highest BCUT2D eigenvalue weighted by molar-refractivity contribution is 5.91. The van der Waals surface area contributed by atoms with Gasteiger partial charge in [-0.3, -0.25) is 9.59 Å². The third-order valence-electron chi connectivity index (χ3n) is 10.2. The van der Waals surface area contributed by atoms with Crippen molar-refractivity contribution in [3.63, 3.8) is 0 Å². The lowest BCUT2D eigenvalue weighted by atomic mass is 9.78. The Balaban J connectivity index is 1.46. The predicted molar refractivity (Wildman–Crippen MR) is 203 cm³/mol. The third kappa shape index (κ3) is 9.58. The number of rotatable bonds is 17. The molecule has 4 atom stereocenters. The van der Waals surface area contributed by atoms with Crippen LogP contribution in [0.3, 0.4) is 0 Å². The van der Waals surface area contributed by atoms with Crippen LogP contribution in [0.15, 0.2) is 66.7 Å². The van der Waals surface area contributed by atoms with Crippen molar-refractivity contribution in [2.75, 3.05) is 48.7 Å². The van der Waals surface area contributed by atoms with Crippen molar-refractivity contribution in [3.8, 4) is 34.5 Å². The number of carboxylic acid groups (broad SMARTS) is 1. The van der Waals surface area contributed by atoms with Crippen molar-refractivity contribution < 1.29 is 47.9 Å². The molecule has 0 saturated carbocycles. The lowest BCUT2D eigenvalue weighted by Gasteiger charge is -2.39. The maximum absolute atomic E-state index is 14.9. The maximum atomic E-state index is 14.9. The summed E-state index contributed by atoms with van der Waals surface area (Å²) in [5, 5.41) is 12.5. The molecule has 0 aromatic heterocycles. The van der Waals surface area contributed by atoms with Gasteiger partial charge >= 0.3 is 5.97 Å². The van der Waals surface area contributed by atoms with Crippen LogP contribution in [-0.2, 0) is 20.8 Å². The number of benzene rings is 3. The fraction of sp³-hybridized carbons (Fsp3) is 0.452. The van der Waals surface area contributed by atoms with E-state index in [2.05, 4.69) is 17.5 Å². The van der Waals surface area contributed by atoms with Gasteiger partial charge in [-0.15, -0.1) is 0 Å². The number of nitrogens with one attached hydrogen (secondary N) is 1. The fourth-order valence-electron chi connectivity index (χ4n) is 7.52. The summed E-state index contributed by atoms with van der Waals surface area (Å²) in [4.78, 5) is 42.4. The molecule has 2 N–H and O–H groups in total. The van der Waals surface area contributed by atoms with Crippen molar-refractivity contribution in [1.29, 1.82) is 0 Å². The minimum absolute atomic E-state index is 0.0810. The molecule has 3 aromatic rings. The van der Waals surface area contributed by atoms with Crippen LogP contribution in [0, 0.1) is 5.92 Å². The Bertz CT molecular complexity index is 1770. The number of carbonyl (C=O) groups excluding carboxylic acids is 2. The Morgan fingerprint density at radius 1 is 0.815 bits per heavy atom. The van der Waals surface area contributed by atoms with E-state index < -0.39 is 30.6 Å². The highest BCUT2D eigenvalue weighted by Gasteiger charge is 2.40. The number of piperidine rings is 1.